The first-order chi connectivity index (χ1) is 10.8. The number of unbranched alkanes of at least 4 members (excludes halogenated alkanes) is 4. The van der Waals surface area contributed by atoms with Crippen LogP contribution in [0.15, 0.2) is 30.3 Å². The van der Waals surface area contributed by atoms with Gasteiger partial charge in [0.2, 0.25) is 0 Å². The van der Waals surface area contributed by atoms with Crippen LogP contribution >= 0.6 is 0 Å². The summed E-state index contributed by atoms with van der Waals surface area (Å²) in [4.78, 5) is 11.7. The molecule has 0 aliphatic rings. The summed E-state index contributed by atoms with van der Waals surface area (Å²) < 4.78 is 10.7. The highest BCUT2D eigenvalue weighted by Crippen LogP contribution is 2.07. The van der Waals surface area contributed by atoms with Crippen LogP contribution in [0, 0.1) is 0 Å². The first kappa shape index (κ1) is 18.7. The van der Waals surface area contributed by atoms with E-state index in [9.17, 15) is 9.90 Å². The van der Waals surface area contributed by atoms with E-state index in [0.29, 0.717) is 13.0 Å². The Labute approximate surface area is 133 Å². The molecule has 4 nitrogen and oxygen atoms in total. The van der Waals surface area contributed by atoms with Gasteiger partial charge in [-0.25, -0.2) is 0 Å². The minimum absolute atomic E-state index is 0.212. The van der Waals surface area contributed by atoms with Gasteiger partial charge < -0.3 is 14.6 Å². The van der Waals surface area contributed by atoms with Crippen molar-refractivity contribution >= 4 is 5.97 Å². The Morgan fingerprint density at radius 2 is 1.86 bits per heavy atom. The molecule has 0 saturated carbocycles. The lowest BCUT2D eigenvalue weighted by atomic mass is 10.1. The van der Waals surface area contributed by atoms with Crippen LogP contribution in [0.25, 0.3) is 0 Å². The van der Waals surface area contributed by atoms with Crippen molar-refractivity contribution in [2.24, 2.45) is 0 Å². The molecule has 0 aromatic heterocycles. The molecule has 1 aromatic carbocycles. The van der Waals surface area contributed by atoms with Crippen molar-refractivity contribution in [3.63, 3.8) is 0 Å². The van der Waals surface area contributed by atoms with Crippen LogP contribution in [0.3, 0.4) is 0 Å². The summed E-state index contributed by atoms with van der Waals surface area (Å²) in [6, 6.07) is 9.77. The molecule has 0 unspecified atom stereocenters. The third kappa shape index (κ3) is 8.80. The van der Waals surface area contributed by atoms with Crippen LogP contribution in [0.1, 0.15) is 51.0 Å². The molecule has 1 N–H and O–H groups in total. The number of carbonyl (C=O) groups excluding carboxylic acids is 1. The molecule has 0 amide bonds. The number of aliphatic hydroxyl groups is 1. The van der Waals surface area contributed by atoms with Gasteiger partial charge in [0.1, 0.15) is 6.10 Å². The Hall–Kier alpha value is -1.39. The van der Waals surface area contributed by atoms with E-state index in [1.54, 1.807) is 0 Å². The summed E-state index contributed by atoms with van der Waals surface area (Å²) in [7, 11) is 0. The van der Waals surface area contributed by atoms with Gasteiger partial charge in [0, 0.05) is 6.42 Å². The predicted octanol–water partition coefficient (Wildman–Crippen LogP) is 3.47. The molecule has 0 bridgehead atoms. The summed E-state index contributed by atoms with van der Waals surface area (Å²) in [6.07, 6.45) is 5.30. The maximum atomic E-state index is 11.7. The quantitative estimate of drug-likeness (QED) is 0.474. The van der Waals surface area contributed by atoms with Gasteiger partial charge in [-0.05, 0) is 12.0 Å². The van der Waals surface area contributed by atoms with E-state index in [4.69, 9.17) is 9.47 Å². The summed E-state index contributed by atoms with van der Waals surface area (Å²) in [5.41, 5.74) is 1.06. The second-order valence-corrected chi connectivity index (χ2v) is 5.46. The molecule has 0 heterocycles. The van der Waals surface area contributed by atoms with Crippen molar-refractivity contribution in [2.75, 3.05) is 13.2 Å². The van der Waals surface area contributed by atoms with E-state index in [2.05, 4.69) is 6.92 Å². The summed E-state index contributed by atoms with van der Waals surface area (Å²) in [6.45, 7) is 2.62. The average Bonchev–Trinajstić information content (AvgIpc) is 2.54. The number of benzene rings is 1. The lowest BCUT2D eigenvalue weighted by Crippen LogP contribution is -2.27. The monoisotopic (exact) mass is 308 g/mol. The summed E-state index contributed by atoms with van der Waals surface area (Å²) in [5, 5.41) is 9.26. The van der Waals surface area contributed by atoms with E-state index >= 15 is 0 Å². The maximum Gasteiger partial charge on any atom is 0.306 e. The summed E-state index contributed by atoms with van der Waals surface area (Å²) in [5.74, 6) is -0.251. The summed E-state index contributed by atoms with van der Waals surface area (Å²) >= 11 is 0. The lowest BCUT2D eigenvalue weighted by Gasteiger charge is -2.16. The minimum atomic E-state index is -0.577. The highest BCUT2D eigenvalue weighted by Gasteiger charge is 2.13. The van der Waals surface area contributed by atoms with Gasteiger partial charge in [0.25, 0.3) is 0 Å². The number of hydrogen-bond donors (Lipinski definition) is 1. The fourth-order valence-electron chi connectivity index (χ4n) is 2.12. The van der Waals surface area contributed by atoms with E-state index in [0.717, 1.165) is 24.8 Å². The van der Waals surface area contributed by atoms with E-state index < -0.39 is 6.10 Å². The number of rotatable bonds is 12. The lowest BCUT2D eigenvalue weighted by molar-refractivity contribution is -0.155. The van der Waals surface area contributed by atoms with E-state index in [1.165, 1.54) is 12.8 Å². The molecule has 0 fully saturated rings. The molecule has 124 valence electrons. The molecule has 0 spiro atoms. The Bertz CT molecular complexity index is 391. The van der Waals surface area contributed by atoms with Gasteiger partial charge in [-0.2, -0.15) is 0 Å². The van der Waals surface area contributed by atoms with Crippen LogP contribution < -0.4 is 0 Å². The average molecular weight is 308 g/mol. The topological polar surface area (TPSA) is 55.8 Å². The smallest absolute Gasteiger partial charge is 0.306 e. The standard InChI is InChI=1S/C18H28O4/c1-2-3-4-5-9-12-18(20)22-17(13-19)15-21-14-16-10-7-6-8-11-16/h6-8,10-11,17,19H,2-5,9,12-15H2,1H3/t17-/m1/s1. The molecule has 4 heteroatoms. The van der Waals surface area contributed by atoms with Crippen molar-refractivity contribution in [1.29, 1.82) is 0 Å². The molecular formula is C18H28O4. The van der Waals surface area contributed by atoms with E-state index in [-0.39, 0.29) is 19.2 Å². The van der Waals surface area contributed by atoms with Gasteiger partial charge >= 0.3 is 5.97 Å². The van der Waals surface area contributed by atoms with Crippen molar-refractivity contribution in [1.82, 2.24) is 0 Å². The highest BCUT2D eigenvalue weighted by molar-refractivity contribution is 5.69. The Morgan fingerprint density at radius 3 is 2.55 bits per heavy atom. The first-order valence-corrected chi connectivity index (χ1v) is 8.18. The minimum Gasteiger partial charge on any atom is -0.457 e. The zero-order chi connectivity index (χ0) is 16.0. The first-order valence-electron chi connectivity index (χ1n) is 8.18. The van der Waals surface area contributed by atoms with Gasteiger partial charge in [-0.1, -0.05) is 62.9 Å². The third-order valence-corrected chi connectivity index (χ3v) is 3.40. The van der Waals surface area contributed by atoms with Crippen LogP contribution in [0.5, 0.6) is 0 Å². The second-order valence-electron chi connectivity index (χ2n) is 5.46. The van der Waals surface area contributed by atoms with Crippen molar-refractivity contribution in [3.05, 3.63) is 35.9 Å². The Kier molecular flexibility index (Phi) is 10.3. The number of aliphatic hydroxyl groups excluding tert-OH is 1. The normalized spacial score (nSPS) is 12.1. The zero-order valence-corrected chi connectivity index (χ0v) is 13.5. The molecule has 0 radical (unpaired) electrons. The molecule has 1 aromatic rings. The fourth-order valence-corrected chi connectivity index (χ4v) is 2.12. The van der Waals surface area contributed by atoms with Crippen LogP contribution in [-0.2, 0) is 20.9 Å². The molecule has 1 atom stereocenters. The molecule has 0 aliphatic heterocycles. The third-order valence-electron chi connectivity index (χ3n) is 3.40. The Balaban J connectivity index is 2.14. The fraction of sp³-hybridized carbons (Fsp3) is 0.611. The largest absolute Gasteiger partial charge is 0.457 e. The number of carbonyl (C=O) groups is 1. The van der Waals surface area contributed by atoms with Gasteiger partial charge in [0.15, 0.2) is 0 Å². The van der Waals surface area contributed by atoms with Crippen LogP contribution in [0.4, 0.5) is 0 Å². The Morgan fingerprint density at radius 1 is 1.14 bits per heavy atom. The highest BCUT2D eigenvalue weighted by atomic mass is 16.6. The van der Waals surface area contributed by atoms with Crippen molar-refractivity contribution in [3.8, 4) is 0 Å². The maximum absolute atomic E-state index is 11.7. The van der Waals surface area contributed by atoms with Gasteiger partial charge in [-0.15, -0.1) is 0 Å². The number of esters is 1. The van der Waals surface area contributed by atoms with E-state index in [1.807, 2.05) is 30.3 Å². The van der Waals surface area contributed by atoms with Crippen molar-refractivity contribution in [2.45, 2.75) is 58.2 Å². The molecular weight excluding hydrogens is 280 g/mol. The van der Waals surface area contributed by atoms with Gasteiger partial charge in [0.05, 0.1) is 19.8 Å². The number of hydrogen-bond acceptors (Lipinski definition) is 4. The predicted molar refractivity (Wildman–Crippen MR) is 86.4 cm³/mol. The number of ether oxygens (including phenoxy) is 2. The molecule has 0 aliphatic carbocycles. The molecule has 22 heavy (non-hydrogen) atoms. The van der Waals surface area contributed by atoms with Crippen LogP contribution in [0.2, 0.25) is 0 Å². The molecule has 0 saturated heterocycles. The van der Waals surface area contributed by atoms with Crippen LogP contribution in [-0.4, -0.2) is 30.4 Å². The zero-order valence-electron chi connectivity index (χ0n) is 13.5. The van der Waals surface area contributed by atoms with Gasteiger partial charge in [-0.3, -0.25) is 4.79 Å². The molecule has 1 rings (SSSR count). The second kappa shape index (κ2) is 12.2. The SMILES string of the molecule is CCCCCCCC(=O)O[C@H](CO)COCc1ccccc1. The van der Waals surface area contributed by atoms with Crippen molar-refractivity contribution < 1.29 is 19.4 Å².